The fraction of sp³-hybridized carbons (Fsp3) is 0.600. The summed E-state index contributed by atoms with van der Waals surface area (Å²) >= 11 is 0. The number of imide groups is 2. The maximum atomic E-state index is 11.6. The van der Waals surface area contributed by atoms with Gasteiger partial charge in [-0.15, -0.1) is 0 Å². The minimum absolute atomic E-state index is 0.0544. The lowest BCUT2D eigenvalue weighted by Crippen LogP contribution is -2.42. The van der Waals surface area contributed by atoms with Gasteiger partial charge in [0.2, 0.25) is 0 Å². The Morgan fingerprint density at radius 1 is 0.909 bits per heavy atom. The van der Waals surface area contributed by atoms with Crippen LogP contribution in [0.2, 0.25) is 0 Å². The third-order valence-electron chi connectivity index (χ3n) is 4.47. The minimum atomic E-state index is -0.280. The highest BCUT2D eigenvalue weighted by molar-refractivity contribution is 6.13. The number of hydrogen-bond donors (Lipinski definition) is 0. The zero-order valence-electron chi connectivity index (χ0n) is 12.2. The highest BCUT2D eigenvalue weighted by Gasteiger charge is 2.35. The summed E-state index contributed by atoms with van der Waals surface area (Å²) in [7, 11) is 0. The summed E-state index contributed by atoms with van der Waals surface area (Å²) in [6.45, 7) is 0.324. The van der Waals surface area contributed by atoms with Gasteiger partial charge >= 0.3 is 0 Å². The SMILES string of the molecule is O=C1CCC(=O)N1OCC1CCC(N2C(=O)C=CC2=O)CC1. The van der Waals surface area contributed by atoms with Crippen LogP contribution >= 0.6 is 0 Å². The van der Waals surface area contributed by atoms with Crippen molar-refractivity contribution in [1.29, 1.82) is 0 Å². The lowest BCUT2D eigenvalue weighted by Gasteiger charge is -2.33. The molecule has 0 unspecified atom stereocenters. The van der Waals surface area contributed by atoms with E-state index in [9.17, 15) is 19.2 Å². The molecule has 3 rings (SSSR count). The maximum absolute atomic E-state index is 11.6. The molecule has 7 nitrogen and oxygen atoms in total. The first kappa shape index (κ1) is 14.9. The van der Waals surface area contributed by atoms with Gasteiger partial charge in [-0.05, 0) is 31.6 Å². The molecular weight excluding hydrogens is 288 g/mol. The van der Waals surface area contributed by atoms with E-state index in [1.807, 2.05) is 0 Å². The van der Waals surface area contributed by atoms with Crippen molar-refractivity contribution in [3.05, 3.63) is 12.2 Å². The first-order chi connectivity index (χ1) is 10.6. The fourth-order valence-electron chi connectivity index (χ4n) is 3.22. The van der Waals surface area contributed by atoms with E-state index in [0.717, 1.165) is 30.7 Å². The molecule has 2 fully saturated rings. The summed E-state index contributed by atoms with van der Waals surface area (Å²) in [4.78, 5) is 52.9. The van der Waals surface area contributed by atoms with E-state index in [-0.39, 0.29) is 48.4 Å². The highest BCUT2D eigenvalue weighted by atomic mass is 16.7. The number of hydrogen-bond acceptors (Lipinski definition) is 5. The molecular formula is C15H18N2O5. The molecule has 0 N–H and O–H groups in total. The molecule has 22 heavy (non-hydrogen) atoms. The third kappa shape index (κ3) is 2.81. The maximum Gasteiger partial charge on any atom is 0.253 e. The third-order valence-corrected chi connectivity index (χ3v) is 4.47. The number of rotatable bonds is 4. The largest absolute Gasteiger partial charge is 0.272 e. The number of amides is 4. The molecule has 1 aliphatic carbocycles. The Kier molecular flexibility index (Phi) is 4.06. The Balaban J connectivity index is 1.46. The Hall–Kier alpha value is -2.02. The summed E-state index contributed by atoms with van der Waals surface area (Å²) < 4.78 is 0. The van der Waals surface area contributed by atoms with Crippen molar-refractivity contribution in [3.8, 4) is 0 Å². The molecule has 0 aromatic heterocycles. The van der Waals surface area contributed by atoms with E-state index in [1.165, 1.54) is 17.1 Å². The van der Waals surface area contributed by atoms with E-state index < -0.39 is 0 Å². The van der Waals surface area contributed by atoms with Crippen LogP contribution in [0.25, 0.3) is 0 Å². The summed E-state index contributed by atoms with van der Waals surface area (Å²) in [6, 6.07) is -0.0544. The second kappa shape index (κ2) is 6.00. The molecule has 0 aromatic rings. The molecule has 4 amide bonds. The normalized spacial score (nSPS) is 29.1. The van der Waals surface area contributed by atoms with Gasteiger partial charge in [0.1, 0.15) is 0 Å². The molecule has 118 valence electrons. The van der Waals surface area contributed by atoms with Gasteiger partial charge in [0.05, 0.1) is 6.61 Å². The quantitative estimate of drug-likeness (QED) is 0.708. The monoisotopic (exact) mass is 306 g/mol. The number of hydroxylamine groups is 2. The van der Waals surface area contributed by atoms with Crippen LogP contribution in [0.4, 0.5) is 0 Å². The van der Waals surface area contributed by atoms with Crippen molar-refractivity contribution in [2.45, 2.75) is 44.6 Å². The predicted octanol–water partition coefficient (Wildman–Crippen LogP) is 0.551. The van der Waals surface area contributed by atoms with E-state index in [1.54, 1.807) is 0 Å². The van der Waals surface area contributed by atoms with Crippen LogP contribution in [-0.2, 0) is 24.0 Å². The summed E-state index contributed by atoms with van der Waals surface area (Å²) in [6.07, 6.45) is 6.12. The van der Waals surface area contributed by atoms with E-state index >= 15 is 0 Å². The summed E-state index contributed by atoms with van der Waals surface area (Å²) in [5.74, 6) is -0.801. The van der Waals surface area contributed by atoms with E-state index in [4.69, 9.17) is 4.84 Å². The molecule has 7 heteroatoms. The summed E-state index contributed by atoms with van der Waals surface area (Å²) in [5, 5.41) is 0.879. The van der Waals surface area contributed by atoms with Crippen molar-refractivity contribution < 1.29 is 24.0 Å². The minimum Gasteiger partial charge on any atom is -0.272 e. The molecule has 0 radical (unpaired) electrons. The Morgan fingerprint density at radius 2 is 1.45 bits per heavy atom. The summed E-state index contributed by atoms with van der Waals surface area (Å²) in [5.41, 5.74) is 0. The van der Waals surface area contributed by atoms with Gasteiger partial charge in [0.15, 0.2) is 0 Å². The Morgan fingerprint density at radius 3 is 2.00 bits per heavy atom. The number of carbonyl (C=O) groups excluding carboxylic acids is 4. The second-order valence-electron chi connectivity index (χ2n) is 5.93. The van der Waals surface area contributed by atoms with Crippen molar-refractivity contribution in [1.82, 2.24) is 9.96 Å². The lowest BCUT2D eigenvalue weighted by molar-refractivity contribution is -0.192. The molecule has 0 spiro atoms. The van der Waals surface area contributed by atoms with Crippen LogP contribution in [0.3, 0.4) is 0 Å². The first-order valence-electron chi connectivity index (χ1n) is 7.60. The number of carbonyl (C=O) groups is 4. The van der Waals surface area contributed by atoms with Gasteiger partial charge in [-0.2, -0.15) is 5.06 Å². The van der Waals surface area contributed by atoms with Crippen molar-refractivity contribution in [3.63, 3.8) is 0 Å². The van der Waals surface area contributed by atoms with E-state index in [0.29, 0.717) is 6.61 Å². The van der Waals surface area contributed by atoms with Crippen LogP contribution < -0.4 is 0 Å². The fourth-order valence-corrected chi connectivity index (χ4v) is 3.22. The Labute approximate surface area is 127 Å². The molecule has 3 aliphatic rings. The van der Waals surface area contributed by atoms with Gasteiger partial charge in [-0.25, -0.2) is 0 Å². The molecule has 0 aromatic carbocycles. The average Bonchev–Trinajstić information content (AvgIpc) is 3.01. The van der Waals surface area contributed by atoms with Gasteiger partial charge < -0.3 is 0 Å². The molecule has 0 bridgehead atoms. The average molecular weight is 306 g/mol. The van der Waals surface area contributed by atoms with Gasteiger partial charge in [-0.3, -0.25) is 28.9 Å². The van der Waals surface area contributed by atoms with E-state index in [2.05, 4.69) is 0 Å². The molecule has 2 heterocycles. The molecule has 1 saturated carbocycles. The van der Waals surface area contributed by atoms with Crippen LogP contribution in [0.1, 0.15) is 38.5 Å². The second-order valence-corrected chi connectivity index (χ2v) is 5.93. The van der Waals surface area contributed by atoms with Crippen LogP contribution in [0.15, 0.2) is 12.2 Å². The van der Waals surface area contributed by atoms with Gasteiger partial charge in [0, 0.05) is 31.0 Å². The van der Waals surface area contributed by atoms with Crippen LogP contribution in [0.5, 0.6) is 0 Å². The van der Waals surface area contributed by atoms with Crippen molar-refractivity contribution >= 4 is 23.6 Å². The van der Waals surface area contributed by atoms with Gasteiger partial charge in [0.25, 0.3) is 23.6 Å². The standard InChI is InChI=1S/C15H18N2O5/c18-12-5-6-13(19)16(12)11-3-1-10(2-4-11)9-22-17-14(20)7-8-15(17)21/h5-6,10-11H,1-4,7-9H2. The van der Waals surface area contributed by atoms with Gasteiger partial charge in [-0.1, -0.05) is 0 Å². The Bertz CT molecular complexity index is 514. The first-order valence-corrected chi connectivity index (χ1v) is 7.60. The number of nitrogens with zero attached hydrogens (tertiary/aromatic N) is 2. The lowest BCUT2D eigenvalue weighted by atomic mass is 9.86. The zero-order valence-corrected chi connectivity index (χ0v) is 12.2. The highest BCUT2D eigenvalue weighted by Crippen LogP contribution is 2.30. The van der Waals surface area contributed by atoms with Crippen molar-refractivity contribution in [2.24, 2.45) is 5.92 Å². The predicted molar refractivity (Wildman–Crippen MR) is 73.8 cm³/mol. The van der Waals surface area contributed by atoms with Crippen molar-refractivity contribution in [2.75, 3.05) is 6.61 Å². The molecule has 2 aliphatic heterocycles. The zero-order chi connectivity index (χ0) is 15.7. The topological polar surface area (TPSA) is 84.0 Å². The van der Waals surface area contributed by atoms with Crippen LogP contribution in [-0.4, -0.2) is 46.2 Å². The molecule has 1 saturated heterocycles. The molecule has 0 atom stereocenters. The van der Waals surface area contributed by atoms with Crippen LogP contribution in [0, 0.1) is 5.92 Å². The smallest absolute Gasteiger partial charge is 0.253 e.